The molecule has 9 nitrogen and oxygen atoms in total. The highest BCUT2D eigenvalue weighted by Crippen LogP contribution is 2.46. The predicted molar refractivity (Wildman–Crippen MR) is 166 cm³/mol. The number of hydrogen-bond donors (Lipinski definition) is 2. The van der Waals surface area contributed by atoms with Crippen LogP contribution in [0.2, 0.25) is 0 Å². The van der Waals surface area contributed by atoms with Gasteiger partial charge in [-0.05, 0) is 98.7 Å². The van der Waals surface area contributed by atoms with Crippen molar-refractivity contribution in [2.24, 2.45) is 5.41 Å². The largest absolute Gasteiger partial charge is 0.444 e. The summed E-state index contributed by atoms with van der Waals surface area (Å²) in [4.78, 5) is 29.4. The second-order valence-corrected chi connectivity index (χ2v) is 14.8. The van der Waals surface area contributed by atoms with Gasteiger partial charge >= 0.3 is 6.09 Å². The normalized spacial score (nSPS) is 18.0. The number of aromatic nitrogens is 3. The van der Waals surface area contributed by atoms with Gasteiger partial charge in [0.2, 0.25) is 0 Å². The fraction of sp³-hybridized carbons (Fsp3) is 0.517. The van der Waals surface area contributed by atoms with Gasteiger partial charge in [-0.15, -0.1) is 21.5 Å². The number of anilines is 2. The molecule has 0 spiro atoms. The summed E-state index contributed by atoms with van der Waals surface area (Å²) in [6.07, 6.45) is 1.88. The minimum absolute atomic E-state index is 0.168. The quantitative estimate of drug-likeness (QED) is 0.296. The van der Waals surface area contributed by atoms with Crippen LogP contribution in [0, 0.1) is 21.7 Å². The van der Waals surface area contributed by atoms with E-state index in [0.717, 1.165) is 32.7 Å². The summed E-state index contributed by atoms with van der Waals surface area (Å²) in [5.74, 6) is 0.852. The number of ether oxygens (including phenoxy) is 1. The standard InChI is InChI=1S/C29H36FIN6O3S/c1-16-34-35-24-23-19(13-29(5,6)15-37(16)24)22(26(41-23)33-21-10-9-17(31)12-20(21)30)25(38)32-14-18-8-7-11-36(18)27(39)40-28(2,3)4/h9-10,12,18,33H,7-8,11,13-15H2,1-6H3,(H,32,38). The third-order valence-electron chi connectivity index (χ3n) is 7.30. The van der Waals surface area contributed by atoms with Crippen LogP contribution in [0.4, 0.5) is 19.9 Å². The first-order valence-corrected chi connectivity index (χ1v) is 15.7. The monoisotopic (exact) mass is 694 g/mol. The third kappa shape index (κ3) is 6.37. The molecule has 1 unspecified atom stereocenters. The molecule has 1 atom stereocenters. The Morgan fingerprint density at radius 1 is 1.27 bits per heavy atom. The summed E-state index contributed by atoms with van der Waals surface area (Å²) < 4.78 is 23.4. The molecule has 1 fully saturated rings. The zero-order valence-corrected chi connectivity index (χ0v) is 27.2. The average Bonchev–Trinajstić information content (AvgIpc) is 3.54. The van der Waals surface area contributed by atoms with Crippen molar-refractivity contribution in [1.82, 2.24) is 25.0 Å². The highest BCUT2D eigenvalue weighted by Gasteiger charge is 2.37. The van der Waals surface area contributed by atoms with E-state index in [-0.39, 0.29) is 23.5 Å². The van der Waals surface area contributed by atoms with Gasteiger partial charge in [-0.1, -0.05) is 13.8 Å². The molecule has 220 valence electrons. The molecule has 12 heteroatoms. The molecule has 1 saturated heterocycles. The van der Waals surface area contributed by atoms with Crippen molar-refractivity contribution >= 4 is 56.6 Å². The summed E-state index contributed by atoms with van der Waals surface area (Å²) in [5.41, 5.74) is 0.853. The molecule has 2 aliphatic rings. The molecule has 0 aliphatic carbocycles. The number of fused-ring (bicyclic) bond motifs is 3. The van der Waals surface area contributed by atoms with Crippen LogP contribution in [-0.4, -0.2) is 56.4 Å². The summed E-state index contributed by atoms with van der Waals surface area (Å²) in [6.45, 7) is 13.4. The third-order valence-corrected chi connectivity index (χ3v) is 9.11. The Hall–Kier alpha value is -2.74. The summed E-state index contributed by atoms with van der Waals surface area (Å²) in [6, 6.07) is 4.78. The minimum Gasteiger partial charge on any atom is -0.444 e. The Labute approximate surface area is 257 Å². The van der Waals surface area contributed by atoms with Crippen LogP contribution < -0.4 is 10.6 Å². The van der Waals surface area contributed by atoms with Crippen LogP contribution in [0.1, 0.15) is 69.2 Å². The van der Waals surface area contributed by atoms with E-state index < -0.39 is 11.4 Å². The molecule has 2 amide bonds. The zero-order chi connectivity index (χ0) is 29.7. The number of aryl methyl sites for hydroxylation is 1. The van der Waals surface area contributed by atoms with Crippen LogP contribution in [0.3, 0.4) is 0 Å². The van der Waals surface area contributed by atoms with E-state index in [9.17, 15) is 14.0 Å². The first kappa shape index (κ1) is 29.7. The van der Waals surface area contributed by atoms with Crippen molar-refractivity contribution in [3.8, 4) is 10.7 Å². The van der Waals surface area contributed by atoms with Crippen molar-refractivity contribution in [1.29, 1.82) is 0 Å². The zero-order valence-electron chi connectivity index (χ0n) is 24.2. The van der Waals surface area contributed by atoms with Crippen molar-refractivity contribution in [2.75, 3.05) is 18.4 Å². The SMILES string of the molecule is Cc1nnc2n1CC(C)(C)Cc1c-2sc(Nc2ccc(I)cc2F)c1C(=O)NCC1CCCN1C(=O)OC(C)(C)C. The van der Waals surface area contributed by atoms with E-state index in [0.29, 0.717) is 48.1 Å². The number of nitrogens with one attached hydrogen (secondary N) is 2. The number of likely N-dealkylation sites (tertiary alicyclic amines) is 1. The molecular formula is C29H36FIN6O3S. The van der Waals surface area contributed by atoms with Crippen LogP contribution in [0.25, 0.3) is 10.7 Å². The lowest BCUT2D eigenvalue weighted by Crippen LogP contribution is -2.45. The Balaban J connectivity index is 1.49. The summed E-state index contributed by atoms with van der Waals surface area (Å²) >= 11 is 3.46. The lowest BCUT2D eigenvalue weighted by atomic mass is 9.85. The number of halogens is 2. The summed E-state index contributed by atoms with van der Waals surface area (Å²) in [5, 5.41) is 15.6. The molecule has 0 radical (unpaired) electrons. The topological polar surface area (TPSA) is 101 Å². The Bertz CT molecular complexity index is 1490. The predicted octanol–water partition coefficient (Wildman–Crippen LogP) is 6.51. The van der Waals surface area contributed by atoms with Gasteiger partial charge in [-0.25, -0.2) is 9.18 Å². The number of carbonyl (C=O) groups excluding carboxylic acids is 2. The molecule has 0 saturated carbocycles. The highest BCUT2D eigenvalue weighted by atomic mass is 127. The van der Waals surface area contributed by atoms with Gasteiger partial charge < -0.3 is 24.8 Å². The number of benzene rings is 1. The van der Waals surface area contributed by atoms with E-state index >= 15 is 0 Å². The second-order valence-electron chi connectivity index (χ2n) is 12.5. The van der Waals surface area contributed by atoms with Crippen LogP contribution in [0.15, 0.2) is 18.2 Å². The Morgan fingerprint density at radius 3 is 2.73 bits per heavy atom. The molecule has 3 aromatic rings. The highest BCUT2D eigenvalue weighted by molar-refractivity contribution is 14.1. The Morgan fingerprint density at radius 2 is 2.02 bits per heavy atom. The van der Waals surface area contributed by atoms with Gasteiger partial charge in [0.15, 0.2) is 5.82 Å². The number of thiophene rings is 1. The number of rotatable bonds is 5. The van der Waals surface area contributed by atoms with Crippen LogP contribution >= 0.6 is 33.9 Å². The molecule has 2 N–H and O–H groups in total. The lowest BCUT2D eigenvalue weighted by molar-refractivity contribution is 0.0225. The smallest absolute Gasteiger partial charge is 0.410 e. The maximum Gasteiger partial charge on any atom is 0.410 e. The van der Waals surface area contributed by atoms with Gasteiger partial charge in [0.25, 0.3) is 5.91 Å². The number of carbonyl (C=O) groups is 2. The van der Waals surface area contributed by atoms with E-state index in [4.69, 9.17) is 4.74 Å². The number of nitrogens with zero attached hydrogens (tertiary/aromatic N) is 4. The van der Waals surface area contributed by atoms with Crippen molar-refractivity contribution in [2.45, 2.75) is 79.0 Å². The first-order chi connectivity index (χ1) is 19.2. The fourth-order valence-electron chi connectivity index (χ4n) is 5.46. The molecule has 4 heterocycles. The van der Waals surface area contributed by atoms with Crippen molar-refractivity contribution < 1.29 is 18.7 Å². The molecule has 0 bridgehead atoms. The van der Waals surface area contributed by atoms with Gasteiger partial charge in [0.05, 0.1) is 22.2 Å². The molecule has 2 aromatic heterocycles. The fourth-order valence-corrected chi connectivity index (χ4v) is 7.14. The van der Waals surface area contributed by atoms with Crippen LogP contribution in [0.5, 0.6) is 0 Å². The maximum atomic E-state index is 14.9. The van der Waals surface area contributed by atoms with E-state index in [1.165, 1.54) is 17.4 Å². The molecule has 1 aromatic carbocycles. The van der Waals surface area contributed by atoms with Crippen molar-refractivity contribution in [3.63, 3.8) is 0 Å². The van der Waals surface area contributed by atoms with E-state index in [2.05, 4.69) is 61.8 Å². The maximum absolute atomic E-state index is 14.9. The number of amides is 2. The van der Waals surface area contributed by atoms with Gasteiger partial charge in [-0.2, -0.15) is 0 Å². The van der Waals surface area contributed by atoms with Gasteiger partial charge in [0, 0.05) is 23.2 Å². The summed E-state index contributed by atoms with van der Waals surface area (Å²) in [7, 11) is 0. The van der Waals surface area contributed by atoms with Crippen molar-refractivity contribution in [3.05, 3.63) is 44.5 Å². The minimum atomic E-state index is -0.598. The van der Waals surface area contributed by atoms with Crippen LogP contribution in [-0.2, 0) is 17.7 Å². The second kappa shape index (κ2) is 11.2. The van der Waals surface area contributed by atoms with E-state index in [1.54, 1.807) is 11.0 Å². The Kier molecular flexibility index (Phi) is 8.09. The van der Waals surface area contributed by atoms with Gasteiger partial charge in [0.1, 0.15) is 22.2 Å². The molecule has 41 heavy (non-hydrogen) atoms. The molecule has 5 rings (SSSR count). The van der Waals surface area contributed by atoms with E-state index in [1.807, 2.05) is 33.8 Å². The molecule has 2 aliphatic heterocycles. The number of hydrogen-bond acceptors (Lipinski definition) is 7. The molecular weight excluding hydrogens is 658 g/mol. The average molecular weight is 695 g/mol. The lowest BCUT2D eigenvalue weighted by Gasteiger charge is -2.29. The first-order valence-electron chi connectivity index (χ1n) is 13.8. The van der Waals surface area contributed by atoms with Gasteiger partial charge in [-0.3, -0.25) is 4.79 Å².